The second-order valence-electron chi connectivity index (χ2n) is 3.97. The van der Waals surface area contributed by atoms with Crippen molar-refractivity contribution in [2.45, 2.75) is 18.9 Å². The van der Waals surface area contributed by atoms with Crippen molar-refractivity contribution in [3.8, 4) is 0 Å². The van der Waals surface area contributed by atoms with Gasteiger partial charge in [-0.1, -0.05) is 6.92 Å². The van der Waals surface area contributed by atoms with Crippen molar-refractivity contribution in [1.82, 2.24) is 9.97 Å². The monoisotopic (exact) mass is 250 g/mol. The van der Waals surface area contributed by atoms with Gasteiger partial charge >= 0.3 is 0 Å². The quantitative estimate of drug-likeness (QED) is 0.909. The van der Waals surface area contributed by atoms with E-state index in [2.05, 4.69) is 9.97 Å². The molecule has 0 saturated heterocycles. The average molecular weight is 250 g/mol. The fraction of sp³-hybridized carbons (Fsp3) is 0.231. The standard InChI is InChI=1S/C13H12F2N2O/c1-2-13(18,9-5-11(15)7-16-6-9)12-4-3-10(14)8-17-12/h3-8,18H,2H2,1H3. The van der Waals surface area contributed by atoms with E-state index in [0.717, 1.165) is 12.4 Å². The second-order valence-corrected chi connectivity index (χ2v) is 3.97. The lowest BCUT2D eigenvalue weighted by atomic mass is 9.88. The molecule has 0 saturated carbocycles. The van der Waals surface area contributed by atoms with Gasteiger partial charge in [0.15, 0.2) is 0 Å². The third kappa shape index (κ3) is 2.22. The van der Waals surface area contributed by atoms with Crippen LogP contribution in [0.15, 0.2) is 36.8 Å². The molecule has 5 heteroatoms. The molecule has 94 valence electrons. The molecular formula is C13H12F2N2O. The van der Waals surface area contributed by atoms with E-state index in [1.807, 2.05) is 0 Å². The smallest absolute Gasteiger partial charge is 0.141 e. The number of rotatable bonds is 3. The lowest BCUT2D eigenvalue weighted by Gasteiger charge is -2.26. The summed E-state index contributed by atoms with van der Waals surface area (Å²) in [5.41, 5.74) is -0.911. The zero-order valence-electron chi connectivity index (χ0n) is 9.77. The highest BCUT2D eigenvalue weighted by molar-refractivity contribution is 5.30. The number of nitrogens with zero attached hydrogens (tertiary/aromatic N) is 2. The molecule has 0 spiro atoms. The summed E-state index contributed by atoms with van der Waals surface area (Å²) >= 11 is 0. The molecule has 3 nitrogen and oxygen atoms in total. The Balaban J connectivity index is 2.51. The largest absolute Gasteiger partial charge is 0.379 e. The summed E-state index contributed by atoms with van der Waals surface area (Å²) < 4.78 is 26.0. The molecule has 0 aromatic carbocycles. The third-order valence-corrected chi connectivity index (χ3v) is 2.85. The minimum Gasteiger partial charge on any atom is -0.379 e. The molecule has 1 N–H and O–H groups in total. The summed E-state index contributed by atoms with van der Waals surface area (Å²) in [6.45, 7) is 1.73. The van der Waals surface area contributed by atoms with Gasteiger partial charge in [0.25, 0.3) is 0 Å². The highest BCUT2D eigenvalue weighted by atomic mass is 19.1. The van der Waals surface area contributed by atoms with E-state index in [-0.39, 0.29) is 12.1 Å². The predicted octanol–water partition coefficient (Wildman–Crippen LogP) is 2.40. The summed E-state index contributed by atoms with van der Waals surface area (Å²) in [7, 11) is 0. The summed E-state index contributed by atoms with van der Waals surface area (Å²) in [5.74, 6) is -1.03. The maximum Gasteiger partial charge on any atom is 0.141 e. The van der Waals surface area contributed by atoms with Crippen LogP contribution in [0.4, 0.5) is 8.78 Å². The van der Waals surface area contributed by atoms with Gasteiger partial charge in [0.05, 0.1) is 18.1 Å². The summed E-state index contributed by atoms with van der Waals surface area (Å²) in [4.78, 5) is 7.56. The van der Waals surface area contributed by atoms with Crippen molar-refractivity contribution >= 4 is 0 Å². The number of aromatic nitrogens is 2. The fourth-order valence-corrected chi connectivity index (χ4v) is 1.79. The van der Waals surface area contributed by atoms with Gasteiger partial charge < -0.3 is 5.11 Å². The van der Waals surface area contributed by atoms with E-state index < -0.39 is 17.2 Å². The Morgan fingerprint density at radius 1 is 1.17 bits per heavy atom. The van der Waals surface area contributed by atoms with Gasteiger partial charge in [-0.25, -0.2) is 8.78 Å². The van der Waals surface area contributed by atoms with E-state index in [1.54, 1.807) is 6.92 Å². The van der Waals surface area contributed by atoms with Crippen LogP contribution in [0.3, 0.4) is 0 Å². The first-order valence-corrected chi connectivity index (χ1v) is 5.51. The number of halogens is 2. The zero-order chi connectivity index (χ0) is 13.2. The lowest BCUT2D eigenvalue weighted by molar-refractivity contribution is 0.0710. The van der Waals surface area contributed by atoms with Gasteiger partial charge in [-0.3, -0.25) is 9.97 Å². The number of hydrogen-bond acceptors (Lipinski definition) is 3. The summed E-state index contributed by atoms with van der Waals surface area (Å²) in [5, 5.41) is 10.6. The minimum atomic E-state index is -1.47. The van der Waals surface area contributed by atoms with Crippen LogP contribution in [0.2, 0.25) is 0 Å². The molecule has 0 radical (unpaired) electrons. The molecule has 0 bridgehead atoms. The van der Waals surface area contributed by atoms with Crippen LogP contribution >= 0.6 is 0 Å². The van der Waals surface area contributed by atoms with Gasteiger partial charge in [0.1, 0.15) is 17.2 Å². The number of pyridine rings is 2. The molecule has 0 amide bonds. The third-order valence-electron chi connectivity index (χ3n) is 2.85. The highest BCUT2D eigenvalue weighted by Crippen LogP contribution is 2.31. The first-order chi connectivity index (χ1) is 8.56. The minimum absolute atomic E-state index is 0.263. The van der Waals surface area contributed by atoms with Crippen LogP contribution in [0.5, 0.6) is 0 Å². The van der Waals surface area contributed by atoms with E-state index in [1.165, 1.54) is 24.4 Å². The number of aliphatic hydroxyl groups is 1. The SMILES string of the molecule is CCC(O)(c1cncc(F)c1)c1ccc(F)cn1. The molecule has 2 aromatic rings. The molecule has 0 aliphatic rings. The Labute approximate surface area is 103 Å². The zero-order valence-corrected chi connectivity index (χ0v) is 9.77. The van der Waals surface area contributed by atoms with Gasteiger partial charge in [-0.05, 0) is 24.6 Å². The maximum atomic E-state index is 13.2. The van der Waals surface area contributed by atoms with E-state index in [4.69, 9.17) is 0 Å². The molecule has 2 heterocycles. The molecular weight excluding hydrogens is 238 g/mol. The van der Waals surface area contributed by atoms with Crippen LogP contribution < -0.4 is 0 Å². The lowest BCUT2D eigenvalue weighted by Crippen LogP contribution is -2.28. The van der Waals surface area contributed by atoms with E-state index in [9.17, 15) is 13.9 Å². The summed E-state index contributed by atoms with van der Waals surface area (Å²) in [6.07, 6.45) is 3.72. The molecule has 2 rings (SSSR count). The maximum absolute atomic E-state index is 13.2. The molecule has 18 heavy (non-hydrogen) atoms. The molecule has 0 aliphatic heterocycles. The Bertz CT molecular complexity index is 545. The Hall–Kier alpha value is -1.88. The Morgan fingerprint density at radius 3 is 2.50 bits per heavy atom. The van der Waals surface area contributed by atoms with Crippen molar-refractivity contribution in [3.05, 3.63) is 59.7 Å². The van der Waals surface area contributed by atoms with Crippen LogP contribution in [-0.4, -0.2) is 15.1 Å². The molecule has 0 aliphatic carbocycles. The molecule has 0 fully saturated rings. The fourth-order valence-electron chi connectivity index (χ4n) is 1.79. The van der Waals surface area contributed by atoms with Gasteiger partial charge in [-0.15, -0.1) is 0 Å². The average Bonchev–Trinajstić information content (AvgIpc) is 2.38. The Kier molecular flexibility index (Phi) is 3.34. The van der Waals surface area contributed by atoms with E-state index >= 15 is 0 Å². The first kappa shape index (κ1) is 12.6. The van der Waals surface area contributed by atoms with Crippen molar-refractivity contribution in [1.29, 1.82) is 0 Å². The van der Waals surface area contributed by atoms with Crippen LogP contribution in [0.1, 0.15) is 24.6 Å². The molecule has 1 atom stereocenters. The molecule has 1 unspecified atom stereocenters. The van der Waals surface area contributed by atoms with Crippen LogP contribution in [0.25, 0.3) is 0 Å². The van der Waals surface area contributed by atoms with Crippen LogP contribution in [-0.2, 0) is 5.60 Å². The van der Waals surface area contributed by atoms with Crippen molar-refractivity contribution in [2.75, 3.05) is 0 Å². The van der Waals surface area contributed by atoms with Crippen LogP contribution in [0, 0.1) is 11.6 Å². The molecule has 2 aromatic heterocycles. The normalized spacial score (nSPS) is 14.2. The van der Waals surface area contributed by atoms with E-state index in [0.29, 0.717) is 5.56 Å². The summed E-state index contributed by atoms with van der Waals surface area (Å²) in [6, 6.07) is 3.78. The second kappa shape index (κ2) is 4.78. The highest BCUT2D eigenvalue weighted by Gasteiger charge is 2.31. The predicted molar refractivity (Wildman–Crippen MR) is 61.7 cm³/mol. The first-order valence-electron chi connectivity index (χ1n) is 5.51. The van der Waals surface area contributed by atoms with Crippen molar-refractivity contribution < 1.29 is 13.9 Å². The van der Waals surface area contributed by atoms with Crippen molar-refractivity contribution in [2.24, 2.45) is 0 Å². The Morgan fingerprint density at radius 2 is 1.94 bits per heavy atom. The van der Waals surface area contributed by atoms with Gasteiger partial charge in [-0.2, -0.15) is 0 Å². The van der Waals surface area contributed by atoms with Crippen molar-refractivity contribution in [3.63, 3.8) is 0 Å². The number of hydrogen-bond donors (Lipinski definition) is 1. The topological polar surface area (TPSA) is 46.0 Å². The van der Waals surface area contributed by atoms with Gasteiger partial charge in [0.2, 0.25) is 0 Å². The van der Waals surface area contributed by atoms with Gasteiger partial charge in [0, 0.05) is 11.8 Å².